The number of rotatable bonds is 9. The molecular formula is C57H45NSi. The minimum absolute atomic E-state index is 0.136. The molecule has 0 heterocycles. The van der Waals surface area contributed by atoms with Crippen molar-refractivity contribution in [3.8, 4) is 33.4 Å². The number of hydrogen-bond acceptors (Lipinski definition) is 1. The second kappa shape index (κ2) is 15.1. The molecular weight excluding hydrogens is 727 g/mol. The Morgan fingerprint density at radius 2 is 0.780 bits per heavy atom. The van der Waals surface area contributed by atoms with Gasteiger partial charge in [0.05, 0.1) is 5.69 Å². The van der Waals surface area contributed by atoms with Crippen molar-refractivity contribution in [3.63, 3.8) is 0 Å². The Bertz CT molecular complexity index is 2770. The van der Waals surface area contributed by atoms with Crippen molar-refractivity contribution >= 4 is 45.9 Å². The van der Waals surface area contributed by atoms with E-state index in [2.05, 4.69) is 255 Å². The molecule has 0 N–H and O–H groups in total. The van der Waals surface area contributed by atoms with Crippen LogP contribution in [-0.2, 0) is 5.41 Å². The first-order valence-corrected chi connectivity index (χ1v) is 22.6. The van der Waals surface area contributed by atoms with Crippen LogP contribution in [0.3, 0.4) is 0 Å². The summed E-state index contributed by atoms with van der Waals surface area (Å²) in [5.41, 5.74) is 13.5. The Kier molecular flexibility index (Phi) is 9.28. The molecule has 1 nitrogen and oxygen atoms in total. The zero-order valence-electron chi connectivity index (χ0n) is 33.5. The highest BCUT2D eigenvalue weighted by atomic mass is 28.3. The van der Waals surface area contributed by atoms with E-state index in [1.807, 2.05) is 0 Å². The summed E-state index contributed by atoms with van der Waals surface area (Å²) < 4.78 is 0. The average molecular weight is 772 g/mol. The Hall–Kier alpha value is -7.00. The summed E-state index contributed by atoms with van der Waals surface area (Å²) in [6.07, 6.45) is 0. The molecule has 9 aromatic carbocycles. The summed E-state index contributed by atoms with van der Waals surface area (Å²) in [6.45, 7) is 4.74. The van der Waals surface area contributed by atoms with E-state index in [4.69, 9.17) is 0 Å². The maximum Gasteiger partial charge on any atom is 0.179 e. The molecule has 0 spiro atoms. The lowest BCUT2D eigenvalue weighted by atomic mass is 9.82. The van der Waals surface area contributed by atoms with Gasteiger partial charge in [-0.2, -0.15) is 0 Å². The molecule has 0 atom stereocenters. The van der Waals surface area contributed by atoms with Crippen molar-refractivity contribution in [2.45, 2.75) is 19.3 Å². The fourth-order valence-corrected chi connectivity index (χ4v) is 14.4. The van der Waals surface area contributed by atoms with E-state index < -0.39 is 8.07 Å². The van der Waals surface area contributed by atoms with Crippen LogP contribution >= 0.6 is 0 Å². The lowest BCUT2D eigenvalue weighted by Gasteiger charge is -2.35. The van der Waals surface area contributed by atoms with Gasteiger partial charge >= 0.3 is 0 Å². The summed E-state index contributed by atoms with van der Waals surface area (Å²) in [5.74, 6) is 0. The maximum atomic E-state index is 2.47. The molecule has 0 amide bonds. The molecule has 0 saturated carbocycles. The van der Waals surface area contributed by atoms with Gasteiger partial charge in [0.1, 0.15) is 0 Å². The van der Waals surface area contributed by atoms with Crippen LogP contribution in [-0.4, -0.2) is 8.07 Å². The summed E-state index contributed by atoms with van der Waals surface area (Å²) >= 11 is 0. The summed E-state index contributed by atoms with van der Waals surface area (Å²) in [4.78, 5) is 2.47. The van der Waals surface area contributed by atoms with Crippen LogP contribution in [0.15, 0.2) is 237 Å². The molecule has 2 heteroatoms. The molecule has 59 heavy (non-hydrogen) atoms. The molecule has 0 saturated heterocycles. The monoisotopic (exact) mass is 771 g/mol. The van der Waals surface area contributed by atoms with Crippen molar-refractivity contribution in [2.24, 2.45) is 0 Å². The Morgan fingerprint density at radius 1 is 0.339 bits per heavy atom. The molecule has 0 bridgehead atoms. The lowest BCUT2D eigenvalue weighted by molar-refractivity contribution is 0.660. The molecule has 282 valence electrons. The van der Waals surface area contributed by atoms with Gasteiger partial charge in [0.25, 0.3) is 0 Å². The van der Waals surface area contributed by atoms with Crippen LogP contribution < -0.4 is 25.6 Å². The van der Waals surface area contributed by atoms with Crippen LogP contribution in [0.25, 0.3) is 33.4 Å². The van der Waals surface area contributed by atoms with Crippen molar-refractivity contribution in [1.29, 1.82) is 0 Å². The van der Waals surface area contributed by atoms with E-state index >= 15 is 0 Å². The third-order valence-corrected chi connectivity index (χ3v) is 17.2. The van der Waals surface area contributed by atoms with Gasteiger partial charge in [-0.3, -0.25) is 0 Å². The molecule has 10 rings (SSSR count). The number of anilines is 3. The SMILES string of the molecule is CC1(C)c2ccc(N(c3ccc([Si](c4ccccc4)(c4ccccc4)c4ccccc4)cc3)c3ccccc3-c3ccccc3)cc2-c2c(-c3ccccc3)cccc21. The van der Waals surface area contributed by atoms with Gasteiger partial charge in [0, 0.05) is 22.4 Å². The molecule has 1 aliphatic rings. The van der Waals surface area contributed by atoms with Gasteiger partial charge in [0.15, 0.2) is 8.07 Å². The molecule has 0 unspecified atom stereocenters. The van der Waals surface area contributed by atoms with Crippen LogP contribution in [0, 0.1) is 0 Å². The Morgan fingerprint density at radius 3 is 1.34 bits per heavy atom. The van der Waals surface area contributed by atoms with Crippen molar-refractivity contribution in [1.82, 2.24) is 0 Å². The van der Waals surface area contributed by atoms with Gasteiger partial charge in [-0.15, -0.1) is 0 Å². The lowest BCUT2D eigenvalue weighted by Crippen LogP contribution is -2.74. The fourth-order valence-electron chi connectivity index (χ4n) is 9.67. The van der Waals surface area contributed by atoms with E-state index in [1.54, 1.807) is 0 Å². The van der Waals surface area contributed by atoms with Crippen molar-refractivity contribution < 1.29 is 0 Å². The van der Waals surface area contributed by atoms with E-state index in [9.17, 15) is 0 Å². The number of fused-ring (bicyclic) bond motifs is 3. The fraction of sp³-hybridized carbons (Fsp3) is 0.0526. The predicted octanol–water partition coefficient (Wildman–Crippen LogP) is 12.2. The molecule has 0 aliphatic heterocycles. The quantitative estimate of drug-likeness (QED) is 0.104. The Balaban J connectivity index is 1.20. The van der Waals surface area contributed by atoms with Gasteiger partial charge in [-0.1, -0.05) is 220 Å². The number of benzene rings is 9. The van der Waals surface area contributed by atoms with Crippen LogP contribution in [0.4, 0.5) is 17.1 Å². The smallest absolute Gasteiger partial charge is 0.179 e. The summed E-state index contributed by atoms with van der Waals surface area (Å²) in [5, 5.41) is 5.44. The van der Waals surface area contributed by atoms with E-state index in [0.717, 1.165) is 17.1 Å². The number of hydrogen-bond donors (Lipinski definition) is 0. The predicted molar refractivity (Wildman–Crippen MR) is 253 cm³/mol. The number of nitrogens with zero attached hydrogens (tertiary/aromatic N) is 1. The highest BCUT2D eigenvalue weighted by Gasteiger charge is 2.42. The molecule has 1 aliphatic carbocycles. The first-order chi connectivity index (χ1) is 29.0. The third-order valence-electron chi connectivity index (χ3n) is 12.4. The van der Waals surface area contributed by atoms with Gasteiger partial charge in [-0.05, 0) is 90.0 Å². The highest BCUT2D eigenvalue weighted by Crippen LogP contribution is 2.54. The zero-order valence-corrected chi connectivity index (χ0v) is 34.5. The van der Waals surface area contributed by atoms with Gasteiger partial charge in [0.2, 0.25) is 0 Å². The van der Waals surface area contributed by atoms with E-state index in [-0.39, 0.29) is 5.41 Å². The van der Waals surface area contributed by atoms with Crippen LogP contribution in [0.1, 0.15) is 25.0 Å². The molecule has 0 fully saturated rings. The topological polar surface area (TPSA) is 3.24 Å². The standard InChI is InChI=1S/C57H45NSi/c1-57(2)53-40-37-45(41-52(53)56-51(32-20-33-54(56)57)43-23-10-4-11-24-43)58(55-34-19-18-31-50(55)42-21-8-3-9-22-42)44-35-38-49(39-36-44)59(46-25-12-5-13-26-46,47-27-14-6-15-28-47)48-29-16-7-17-30-48/h3-41H,1-2H3. The van der Waals surface area contributed by atoms with Crippen molar-refractivity contribution in [2.75, 3.05) is 4.90 Å². The molecule has 0 radical (unpaired) electrons. The van der Waals surface area contributed by atoms with Crippen molar-refractivity contribution in [3.05, 3.63) is 248 Å². The van der Waals surface area contributed by atoms with E-state index in [0.29, 0.717) is 0 Å². The first-order valence-electron chi connectivity index (χ1n) is 20.6. The normalized spacial score (nSPS) is 12.7. The summed E-state index contributed by atoms with van der Waals surface area (Å²) in [7, 11) is -2.71. The third kappa shape index (κ3) is 6.16. The number of para-hydroxylation sites is 1. The zero-order chi connectivity index (χ0) is 39.8. The Labute approximate surface area is 349 Å². The minimum atomic E-state index is -2.71. The minimum Gasteiger partial charge on any atom is -0.310 e. The molecule has 0 aromatic heterocycles. The summed E-state index contributed by atoms with van der Waals surface area (Å²) in [6, 6.07) is 87.5. The molecule has 9 aromatic rings. The first kappa shape index (κ1) is 36.3. The van der Waals surface area contributed by atoms with Gasteiger partial charge < -0.3 is 4.90 Å². The second-order valence-electron chi connectivity index (χ2n) is 16.1. The van der Waals surface area contributed by atoms with Crippen LogP contribution in [0.5, 0.6) is 0 Å². The second-order valence-corrected chi connectivity index (χ2v) is 19.9. The maximum absolute atomic E-state index is 2.71. The van der Waals surface area contributed by atoms with E-state index in [1.165, 1.54) is 65.3 Å². The highest BCUT2D eigenvalue weighted by molar-refractivity contribution is 7.19. The average Bonchev–Trinajstić information content (AvgIpc) is 3.54. The van der Waals surface area contributed by atoms with Crippen LogP contribution in [0.2, 0.25) is 0 Å². The van der Waals surface area contributed by atoms with Gasteiger partial charge in [-0.25, -0.2) is 0 Å². The largest absolute Gasteiger partial charge is 0.310 e.